The molecule has 0 heterocycles. The van der Waals surface area contributed by atoms with Gasteiger partial charge in [0.15, 0.2) is 6.79 Å². The molecule has 0 spiro atoms. The number of carbonyl (C=O) groups excluding carboxylic acids is 1. The molecule has 1 atom stereocenters. The van der Waals surface area contributed by atoms with Gasteiger partial charge in [-0.1, -0.05) is 54.6 Å². The molecule has 0 fully saturated rings. The van der Waals surface area contributed by atoms with Crippen molar-refractivity contribution in [3.63, 3.8) is 0 Å². The molecule has 0 unspecified atom stereocenters. The highest BCUT2D eigenvalue weighted by atomic mass is 127. The molecule has 8 heteroatoms. The minimum Gasteiger partial charge on any atom is -0.480 e. The number of amides is 1. The Bertz CT molecular complexity index is 1150. The smallest absolute Gasteiger partial charge is 0.407 e. The fourth-order valence-electron chi connectivity index (χ4n) is 4.13. The molecule has 0 aromatic heterocycles. The van der Waals surface area contributed by atoms with Gasteiger partial charge in [-0.2, -0.15) is 0 Å². The number of benzene rings is 3. The molecule has 0 bridgehead atoms. The quantitative estimate of drug-likeness (QED) is 0.282. The van der Waals surface area contributed by atoms with E-state index in [0.717, 1.165) is 31.4 Å². The summed E-state index contributed by atoms with van der Waals surface area (Å²) >= 11 is 2.11. The monoisotopic (exact) mass is 573 g/mol. The Morgan fingerprint density at radius 2 is 1.68 bits per heavy atom. The second-order valence-corrected chi connectivity index (χ2v) is 9.04. The van der Waals surface area contributed by atoms with Crippen molar-refractivity contribution in [2.24, 2.45) is 0 Å². The van der Waals surface area contributed by atoms with Gasteiger partial charge in [0.05, 0.1) is 3.57 Å². The van der Waals surface area contributed by atoms with Gasteiger partial charge in [-0.25, -0.2) is 9.59 Å². The zero-order valence-electron chi connectivity index (χ0n) is 18.5. The molecule has 7 nitrogen and oxygen atoms in total. The van der Waals surface area contributed by atoms with Gasteiger partial charge in [-0.3, -0.25) is 0 Å². The molecule has 0 radical (unpaired) electrons. The van der Waals surface area contributed by atoms with Gasteiger partial charge in [0.1, 0.15) is 18.4 Å². The zero-order valence-corrected chi connectivity index (χ0v) is 20.7. The highest BCUT2D eigenvalue weighted by Crippen LogP contribution is 2.44. The number of hydrogen-bond donors (Lipinski definition) is 2. The van der Waals surface area contributed by atoms with Crippen molar-refractivity contribution in [2.45, 2.75) is 18.4 Å². The fraction of sp³-hybridized carbons (Fsp3) is 0.231. The van der Waals surface area contributed by atoms with Crippen LogP contribution in [0.25, 0.3) is 11.1 Å². The van der Waals surface area contributed by atoms with Crippen molar-refractivity contribution in [1.82, 2.24) is 5.32 Å². The van der Waals surface area contributed by atoms with E-state index >= 15 is 0 Å². The third-order valence-electron chi connectivity index (χ3n) is 5.70. The summed E-state index contributed by atoms with van der Waals surface area (Å²) in [5.41, 5.74) is 5.19. The minimum absolute atomic E-state index is 0.0948. The summed E-state index contributed by atoms with van der Waals surface area (Å²) in [6.45, 7) is 0.242. The lowest BCUT2D eigenvalue weighted by Crippen LogP contribution is -2.42. The summed E-state index contributed by atoms with van der Waals surface area (Å²) < 4.78 is 16.7. The van der Waals surface area contributed by atoms with Crippen LogP contribution in [-0.4, -0.2) is 43.7 Å². The van der Waals surface area contributed by atoms with Crippen molar-refractivity contribution in [3.8, 4) is 16.9 Å². The van der Waals surface area contributed by atoms with Gasteiger partial charge < -0.3 is 24.6 Å². The third-order valence-corrected chi connectivity index (χ3v) is 6.55. The lowest BCUT2D eigenvalue weighted by Gasteiger charge is -2.18. The SMILES string of the molecule is COCOc1ccc(C[C@H](NC(=O)OCC2c3ccccc3-c3ccccc32)C(=O)O)cc1I. The predicted molar refractivity (Wildman–Crippen MR) is 135 cm³/mol. The number of aliphatic carboxylic acids is 1. The number of carboxylic acid groups (broad SMARTS) is 1. The minimum atomic E-state index is -1.14. The second kappa shape index (κ2) is 10.9. The summed E-state index contributed by atoms with van der Waals surface area (Å²) in [6, 6.07) is 20.3. The van der Waals surface area contributed by atoms with E-state index in [2.05, 4.69) is 40.0 Å². The number of alkyl carbamates (subject to hydrolysis) is 1. The largest absolute Gasteiger partial charge is 0.480 e. The normalized spacial score (nSPS) is 13.0. The van der Waals surface area contributed by atoms with Crippen molar-refractivity contribution in [2.75, 3.05) is 20.5 Å². The molecule has 0 saturated heterocycles. The first-order valence-electron chi connectivity index (χ1n) is 10.7. The zero-order chi connectivity index (χ0) is 24.1. The maximum Gasteiger partial charge on any atom is 0.407 e. The van der Waals surface area contributed by atoms with Gasteiger partial charge in [-0.15, -0.1) is 0 Å². The predicted octanol–water partition coefficient (Wildman–Crippen LogP) is 4.81. The standard InChI is InChI=1S/C26H24INO6/c1-32-15-34-24-11-10-16(12-22(24)27)13-23(25(29)30)28-26(31)33-14-21-19-8-4-2-6-17(19)18-7-3-5-9-20(18)21/h2-12,21,23H,13-15H2,1H3,(H,28,31)(H,29,30)/t23-/m0/s1. The molecule has 1 aliphatic carbocycles. The molecule has 2 N–H and O–H groups in total. The van der Waals surface area contributed by atoms with E-state index in [4.69, 9.17) is 14.2 Å². The van der Waals surface area contributed by atoms with E-state index in [-0.39, 0.29) is 25.7 Å². The van der Waals surface area contributed by atoms with Crippen LogP contribution in [0, 0.1) is 3.57 Å². The van der Waals surface area contributed by atoms with E-state index < -0.39 is 18.1 Å². The number of fused-ring (bicyclic) bond motifs is 3. The van der Waals surface area contributed by atoms with Crippen molar-refractivity contribution in [1.29, 1.82) is 0 Å². The Morgan fingerprint density at radius 3 is 2.26 bits per heavy atom. The maximum atomic E-state index is 12.5. The number of carboxylic acids is 1. The van der Waals surface area contributed by atoms with Gasteiger partial charge in [0.2, 0.25) is 0 Å². The summed E-state index contributed by atoms with van der Waals surface area (Å²) in [4.78, 5) is 24.3. The van der Waals surface area contributed by atoms with Crippen molar-refractivity contribution in [3.05, 3.63) is 87.0 Å². The number of carbonyl (C=O) groups is 2. The Labute approximate surface area is 211 Å². The van der Waals surface area contributed by atoms with E-state index in [0.29, 0.717) is 5.75 Å². The molecule has 0 aliphatic heterocycles. The maximum absolute atomic E-state index is 12.5. The Kier molecular flexibility index (Phi) is 7.69. The topological polar surface area (TPSA) is 94.1 Å². The molecule has 3 aromatic carbocycles. The molecular weight excluding hydrogens is 549 g/mol. The summed E-state index contributed by atoms with van der Waals surface area (Å²) in [7, 11) is 1.54. The lowest BCUT2D eigenvalue weighted by molar-refractivity contribution is -0.139. The first-order chi connectivity index (χ1) is 16.5. The molecule has 34 heavy (non-hydrogen) atoms. The van der Waals surface area contributed by atoms with Gasteiger partial charge in [0, 0.05) is 19.4 Å². The third kappa shape index (κ3) is 5.34. The summed E-state index contributed by atoms with van der Waals surface area (Å²) in [6.07, 6.45) is -0.649. The lowest BCUT2D eigenvalue weighted by atomic mass is 9.98. The van der Waals surface area contributed by atoms with Crippen molar-refractivity contribution < 1.29 is 28.9 Å². The highest BCUT2D eigenvalue weighted by Gasteiger charge is 2.29. The van der Waals surface area contributed by atoms with Crippen LogP contribution in [-0.2, 0) is 20.7 Å². The Morgan fingerprint density at radius 1 is 1.03 bits per heavy atom. The second-order valence-electron chi connectivity index (χ2n) is 7.88. The number of rotatable bonds is 9. The number of halogens is 1. The van der Waals surface area contributed by atoms with Gasteiger partial charge in [-0.05, 0) is 62.5 Å². The first kappa shape index (κ1) is 24.0. The molecule has 1 amide bonds. The first-order valence-corrected chi connectivity index (χ1v) is 11.8. The van der Waals surface area contributed by atoms with Crippen LogP contribution >= 0.6 is 22.6 Å². The van der Waals surface area contributed by atoms with Crippen LogP contribution in [0.5, 0.6) is 5.75 Å². The van der Waals surface area contributed by atoms with Crippen LogP contribution in [0.1, 0.15) is 22.6 Å². The van der Waals surface area contributed by atoms with E-state index in [9.17, 15) is 14.7 Å². The van der Waals surface area contributed by atoms with Crippen molar-refractivity contribution >= 4 is 34.7 Å². The summed E-state index contributed by atoms with van der Waals surface area (Å²) in [5.74, 6) is -0.589. The van der Waals surface area contributed by atoms with Crippen LogP contribution < -0.4 is 10.1 Å². The number of nitrogens with one attached hydrogen (secondary N) is 1. The molecular formula is C26H24INO6. The average Bonchev–Trinajstić information content (AvgIpc) is 3.15. The summed E-state index contributed by atoms with van der Waals surface area (Å²) in [5, 5.41) is 12.1. The van der Waals surface area contributed by atoms with Crippen LogP contribution in [0.2, 0.25) is 0 Å². The fourth-order valence-corrected chi connectivity index (χ4v) is 4.86. The molecule has 176 valence electrons. The molecule has 3 aromatic rings. The molecule has 1 aliphatic rings. The van der Waals surface area contributed by atoms with Crippen LogP contribution in [0.4, 0.5) is 4.79 Å². The van der Waals surface area contributed by atoms with Crippen LogP contribution in [0.3, 0.4) is 0 Å². The van der Waals surface area contributed by atoms with E-state index in [1.807, 2.05) is 42.5 Å². The van der Waals surface area contributed by atoms with Gasteiger partial charge >= 0.3 is 12.1 Å². The molecule has 0 saturated carbocycles. The Balaban J connectivity index is 1.40. The number of methoxy groups -OCH3 is 1. The number of hydrogen-bond acceptors (Lipinski definition) is 5. The van der Waals surface area contributed by atoms with E-state index in [1.165, 1.54) is 7.11 Å². The number of ether oxygens (including phenoxy) is 3. The van der Waals surface area contributed by atoms with Crippen LogP contribution in [0.15, 0.2) is 66.7 Å². The Hall–Kier alpha value is -3.11. The highest BCUT2D eigenvalue weighted by molar-refractivity contribution is 14.1. The average molecular weight is 573 g/mol. The molecule has 4 rings (SSSR count). The van der Waals surface area contributed by atoms with Gasteiger partial charge in [0.25, 0.3) is 0 Å². The van der Waals surface area contributed by atoms with E-state index in [1.54, 1.807) is 12.1 Å².